The molecular weight excluding hydrogens is 373 g/mol. The fourth-order valence-electron chi connectivity index (χ4n) is 2.15. The minimum absolute atomic E-state index is 0.433. The van der Waals surface area contributed by atoms with Gasteiger partial charge in [0.1, 0.15) is 0 Å². The summed E-state index contributed by atoms with van der Waals surface area (Å²) in [5.74, 6) is 0.433. The highest BCUT2D eigenvalue weighted by molar-refractivity contribution is 9.10. The van der Waals surface area contributed by atoms with Gasteiger partial charge in [-0.15, -0.1) is 0 Å². The highest BCUT2D eigenvalue weighted by Crippen LogP contribution is 2.39. The van der Waals surface area contributed by atoms with E-state index in [1.165, 1.54) is 0 Å². The van der Waals surface area contributed by atoms with Gasteiger partial charge in [0, 0.05) is 15.6 Å². The minimum atomic E-state index is 0.433. The number of aromatic amines is 1. The van der Waals surface area contributed by atoms with Crippen LogP contribution in [0.4, 0.5) is 5.82 Å². The maximum absolute atomic E-state index is 6.09. The minimum Gasteiger partial charge on any atom is -0.382 e. The Bertz CT molecular complexity index is 814. The summed E-state index contributed by atoms with van der Waals surface area (Å²) >= 11 is 15.6. The van der Waals surface area contributed by atoms with Gasteiger partial charge in [0.15, 0.2) is 5.82 Å². The van der Waals surface area contributed by atoms with Gasteiger partial charge in [0.25, 0.3) is 0 Å². The van der Waals surface area contributed by atoms with Gasteiger partial charge >= 0.3 is 0 Å². The zero-order valence-corrected chi connectivity index (χ0v) is 13.8. The van der Waals surface area contributed by atoms with Crippen molar-refractivity contribution in [1.82, 2.24) is 10.2 Å². The van der Waals surface area contributed by atoms with Crippen LogP contribution < -0.4 is 5.73 Å². The van der Waals surface area contributed by atoms with Crippen molar-refractivity contribution >= 4 is 44.9 Å². The lowest BCUT2D eigenvalue weighted by atomic mass is 10.0. The normalized spacial score (nSPS) is 10.8. The largest absolute Gasteiger partial charge is 0.382 e. The van der Waals surface area contributed by atoms with E-state index in [0.29, 0.717) is 15.9 Å². The Morgan fingerprint density at radius 1 is 1.05 bits per heavy atom. The maximum Gasteiger partial charge on any atom is 0.153 e. The van der Waals surface area contributed by atoms with Gasteiger partial charge in [-0.25, -0.2) is 0 Å². The maximum atomic E-state index is 6.09. The number of hydrogen-bond acceptors (Lipinski definition) is 2. The van der Waals surface area contributed by atoms with E-state index in [9.17, 15) is 0 Å². The summed E-state index contributed by atoms with van der Waals surface area (Å²) in [7, 11) is 0. The molecule has 0 radical (unpaired) electrons. The smallest absolute Gasteiger partial charge is 0.153 e. The van der Waals surface area contributed by atoms with Crippen molar-refractivity contribution in [3.63, 3.8) is 0 Å². The third-order valence-electron chi connectivity index (χ3n) is 3.15. The second kappa shape index (κ2) is 5.72. The fourth-order valence-corrected chi connectivity index (χ4v) is 2.93. The number of aromatic nitrogens is 2. The second-order valence-corrected chi connectivity index (χ2v) is 6.14. The first-order valence-corrected chi connectivity index (χ1v) is 7.67. The van der Waals surface area contributed by atoms with Crippen LogP contribution in [-0.4, -0.2) is 10.2 Å². The SMILES string of the molecule is Nc1n[nH]c(-c2ccc(Cl)c(Cl)c2)c1-c1ccccc1Br. The number of nitrogens with zero attached hydrogens (tertiary/aromatic N) is 1. The first kappa shape index (κ1) is 14.4. The van der Waals surface area contributed by atoms with Crippen LogP contribution in [0.1, 0.15) is 0 Å². The molecule has 0 unspecified atom stereocenters. The van der Waals surface area contributed by atoms with Crippen molar-refractivity contribution in [1.29, 1.82) is 0 Å². The molecule has 0 fully saturated rings. The molecule has 0 saturated carbocycles. The molecule has 3 nitrogen and oxygen atoms in total. The summed E-state index contributed by atoms with van der Waals surface area (Å²) in [5.41, 5.74) is 9.50. The van der Waals surface area contributed by atoms with Crippen LogP contribution in [0.5, 0.6) is 0 Å². The lowest BCUT2D eigenvalue weighted by molar-refractivity contribution is 1.10. The molecule has 2 aromatic carbocycles. The Kier molecular flexibility index (Phi) is 3.93. The summed E-state index contributed by atoms with van der Waals surface area (Å²) < 4.78 is 0.944. The van der Waals surface area contributed by atoms with Gasteiger partial charge in [0.05, 0.1) is 21.3 Å². The monoisotopic (exact) mass is 381 g/mol. The lowest BCUT2D eigenvalue weighted by Gasteiger charge is -2.07. The summed E-state index contributed by atoms with van der Waals surface area (Å²) in [5, 5.41) is 8.08. The van der Waals surface area contributed by atoms with Crippen LogP contribution in [0.2, 0.25) is 10.0 Å². The van der Waals surface area contributed by atoms with Gasteiger partial charge in [-0.1, -0.05) is 63.4 Å². The summed E-state index contributed by atoms with van der Waals surface area (Å²) in [4.78, 5) is 0. The Labute approximate surface area is 140 Å². The number of benzene rings is 2. The lowest BCUT2D eigenvalue weighted by Crippen LogP contribution is -1.89. The summed E-state index contributed by atoms with van der Waals surface area (Å²) in [6.45, 7) is 0. The molecule has 0 saturated heterocycles. The van der Waals surface area contributed by atoms with Crippen molar-refractivity contribution in [2.75, 3.05) is 5.73 Å². The van der Waals surface area contributed by atoms with E-state index < -0.39 is 0 Å². The Morgan fingerprint density at radius 2 is 1.81 bits per heavy atom. The number of nitrogen functional groups attached to an aromatic ring is 1. The van der Waals surface area contributed by atoms with Crippen LogP contribution in [0.3, 0.4) is 0 Å². The van der Waals surface area contributed by atoms with E-state index in [-0.39, 0.29) is 0 Å². The van der Waals surface area contributed by atoms with Gasteiger partial charge in [-0.05, 0) is 18.2 Å². The highest BCUT2D eigenvalue weighted by Gasteiger charge is 2.17. The molecule has 0 aliphatic carbocycles. The van der Waals surface area contributed by atoms with Gasteiger partial charge < -0.3 is 5.73 Å². The van der Waals surface area contributed by atoms with Crippen molar-refractivity contribution in [2.24, 2.45) is 0 Å². The Balaban J connectivity index is 2.22. The van der Waals surface area contributed by atoms with Crippen molar-refractivity contribution < 1.29 is 0 Å². The van der Waals surface area contributed by atoms with Gasteiger partial charge in [-0.2, -0.15) is 5.10 Å². The van der Waals surface area contributed by atoms with E-state index in [1.54, 1.807) is 12.1 Å². The van der Waals surface area contributed by atoms with Crippen LogP contribution in [-0.2, 0) is 0 Å². The molecular formula is C15H10BrCl2N3. The number of nitrogens with two attached hydrogens (primary N) is 1. The molecule has 3 rings (SSSR count). The van der Waals surface area contributed by atoms with Gasteiger partial charge in [-0.3, -0.25) is 5.10 Å². The van der Waals surface area contributed by atoms with Gasteiger partial charge in [0.2, 0.25) is 0 Å². The zero-order valence-electron chi connectivity index (χ0n) is 10.7. The molecule has 0 spiro atoms. The topological polar surface area (TPSA) is 54.7 Å². The first-order valence-electron chi connectivity index (χ1n) is 6.12. The average Bonchev–Trinajstić information content (AvgIpc) is 2.84. The molecule has 3 aromatic rings. The molecule has 0 amide bonds. The molecule has 6 heteroatoms. The number of halogens is 3. The third kappa shape index (κ3) is 2.67. The molecule has 0 atom stereocenters. The molecule has 1 heterocycles. The standard InChI is InChI=1S/C15H10BrCl2N3/c16-10-4-2-1-3-9(10)13-14(20-21-15(13)19)8-5-6-11(17)12(18)7-8/h1-7H,(H3,19,20,21). The van der Waals surface area contributed by atoms with E-state index in [4.69, 9.17) is 28.9 Å². The molecule has 1 aromatic heterocycles. The second-order valence-electron chi connectivity index (χ2n) is 4.47. The number of nitrogens with one attached hydrogen (secondary N) is 1. The molecule has 106 valence electrons. The molecule has 0 aliphatic heterocycles. The summed E-state index contributed by atoms with van der Waals surface area (Å²) in [6, 6.07) is 13.2. The van der Waals surface area contributed by atoms with E-state index >= 15 is 0 Å². The van der Waals surface area contributed by atoms with Crippen molar-refractivity contribution in [2.45, 2.75) is 0 Å². The van der Waals surface area contributed by atoms with Crippen molar-refractivity contribution in [3.05, 3.63) is 57.0 Å². The molecule has 0 aliphatic rings. The predicted molar refractivity (Wildman–Crippen MR) is 91.6 cm³/mol. The number of H-pyrrole nitrogens is 1. The number of rotatable bonds is 2. The van der Waals surface area contributed by atoms with E-state index in [2.05, 4.69) is 26.1 Å². The molecule has 0 bridgehead atoms. The van der Waals surface area contributed by atoms with Crippen LogP contribution in [0, 0.1) is 0 Å². The highest BCUT2D eigenvalue weighted by atomic mass is 79.9. The Hall–Kier alpha value is -1.49. The average molecular weight is 383 g/mol. The number of hydrogen-bond donors (Lipinski definition) is 2. The molecule has 21 heavy (non-hydrogen) atoms. The van der Waals surface area contributed by atoms with E-state index in [0.717, 1.165) is 26.9 Å². The first-order chi connectivity index (χ1) is 10.1. The van der Waals surface area contributed by atoms with E-state index in [1.807, 2.05) is 30.3 Å². The van der Waals surface area contributed by atoms with Crippen LogP contribution in [0.15, 0.2) is 46.9 Å². The summed E-state index contributed by atoms with van der Waals surface area (Å²) in [6.07, 6.45) is 0. The zero-order chi connectivity index (χ0) is 15.0. The quantitative estimate of drug-likeness (QED) is 0.623. The Morgan fingerprint density at radius 3 is 2.52 bits per heavy atom. The molecule has 3 N–H and O–H groups in total. The van der Waals surface area contributed by atoms with Crippen LogP contribution >= 0.6 is 39.1 Å². The fraction of sp³-hybridized carbons (Fsp3) is 0. The predicted octanol–water partition coefficient (Wildman–Crippen LogP) is 5.40. The third-order valence-corrected chi connectivity index (χ3v) is 4.58. The van der Waals surface area contributed by atoms with Crippen LogP contribution in [0.25, 0.3) is 22.4 Å². The van der Waals surface area contributed by atoms with Crippen molar-refractivity contribution in [3.8, 4) is 22.4 Å². The number of anilines is 1.